The second-order valence-electron chi connectivity index (χ2n) is 9.18. The molecule has 3 aliphatic rings. The number of amides is 3. The molecule has 2 saturated heterocycles. The van der Waals surface area contributed by atoms with Crippen LogP contribution in [-0.2, 0) is 14.4 Å². The number of ketones is 1. The fourth-order valence-electron chi connectivity index (χ4n) is 5.53. The predicted molar refractivity (Wildman–Crippen MR) is 121 cm³/mol. The number of carbonyl (C=O) groups is 4. The minimum absolute atomic E-state index is 0.00114. The van der Waals surface area contributed by atoms with Crippen LogP contribution in [0.5, 0.6) is 0 Å². The van der Waals surface area contributed by atoms with Crippen LogP contribution in [0.4, 0.5) is 0 Å². The van der Waals surface area contributed by atoms with Gasteiger partial charge in [0.15, 0.2) is 5.78 Å². The number of aromatic amines is 1. The van der Waals surface area contributed by atoms with Crippen molar-refractivity contribution in [2.24, 2.45) is 11.8 Å². The minimum atomic E-state index is -1.13. The normalized spacial score (nSPS) is 26.0. The van der Waals surface area contributed by atoms with Gasteiger partial charge in [-0.25, -0.2) is 0 Å². The third-order valence-corrected chi connectivity index (χ3v) is 7.18. The number of aromatic nitrogens is 2. The third kappa shape index (κ3) is 3.98. The summed E-state index contributed by atoms with van der Waals surface area (Å²) in [5.74, 6) is -1.41. The molecular weight excluding hydrogens is 438 g/mol. The summed E-state index contributed by atoms with van der Waals surface area (Å²) in [6.07, 6.45) is 6.25. The Kier molecular flexibility index (Phi) is 5.91. The Balaban J connectivity index is 1.41. The first-order chi connectivity index (χ1) is 16.5. The number of hydrogen-bond donors (Lipinski definition) is 4. The summed E-state index contributed by atoms with van der Waals surface area (Å²) in [6, 6.07) is 3.43. The van der Waals surface area contributed by atoms with Gasteiger partial charge in [0.2, 0.25) is 11.8 Å². The lowest BCUT2D eigenvalue weighted by Gasteiger charge is -2.28. The molecule has 0 bridgehead atoms. The van der Waals surface area contributed by atoms with Crippen LogP contribution in [0.1, 0.15) is 36.2 Å². The summed E-state index contributed by atoms with van der Waals surface area (Å²) in [5, 5.41) is 14.8. The van der Waals surface area contributed by atoms with Crippen molar-refractivity contribution in [2.75, 3.05) is 19.7 Å². The van der Waals surface area contributed by atoms with Gasteiger partial charge in [-0.05, 0) is 55.4 Å². The molecule has 10 nitrogen and oxygen atoms in total. The Labute approximate surface area is 195 Å². The van der Waals surface area contributed by atoms with Crippen LogP contribution in [-0.4, -0.2) is 75.3 Å². The molecule has 1 saturated carbocycles. The molecule has 1 aliphatic carbocycles. The first kappa shape index (κ1) is 22.3. The Morgan fingerprint density at radius 1 is 1.32 bits per heavy atom. The van der Waals surface area contributed by atoms with Crippen LogP contribution in [0.25, 0.3) is 11.0 Å². The average Bonchev–Trinajstić information content (AvgIpc) is 3.61. The van der Waals surface area contributed by atoms with E-state index in [9.17, 15) is 24.3 Å². The highest BCUT2D eigenvalue weighted by atomic mass is 16.3. The lowest BCUT2D eigenvalue weighted by Crippen LogP contribution is -2.52. The number of nitrogens with zero attached hydrogens (tertiary/aromatic N) is 2. The van der Waals surface area contributed by atoms with Crippen molar-refractivity contribution < 1.29 is 24.3 Å². The monoisotopic (exact) mass is 465 g/mol. The molecule has 4 atom stereocenters. The second kappa shape index (κ2) is 9.02. The van der Waals surface area contributed by atoms with E-state index in [-0.39, 0.29) is 23.7 Å². The van der Waals surface area contributed by atoms with E-state index < -0.39 is 30.4 Å². The minimum Gasteiger partial charge on any atom is -0.388 e. The number of Topliss-reactive ketones (excluding diaryl/α,β-unsaturated/α-hetero) is 1. The van der Waals surface area contributed by atoms with Gasteiger partial charge in [0.1, 0.15) is 24.4 Å². The van der Waals surface area contributed by atoms with Gasteiger partial charge in [-0.3, -0.25) is 24.2 Å². The number of pyridine rings is 1. The maximum absolute atomic E-state index is 13.5. The molecule has 3 fully saturated rings. The smallest absolute Gasteiger partial charge is 0.271 e. The number of hydrogen-bond acceptors (Lipinski definition) is 6. The van der Waals surface area contributed by atoms with Crippen molar-refractivity contribution in [1.82, 2.24) is 25.5 Å². The SMILES string of the molecule is O=C1NCC/C1=C\[C@H](NC(=O)[C@@H]1[C@H]2CCC[C@H]2CN1C(=O)c1cc2ncccc2[nH]1)C(=O)CO. The zero-order valence-electron chi connectivity index (χ0n) is 18.6. The number of aliphatic hydroxyl groups is 1. The van der Waals surface area contributed by atoms with E-state index >= 15 is 0 Å². The summed E-state index contributed by atoms with van der Waals surface area (Å²) in [7, 11) is 0. The summed E-state index contributed by atoms with van der Waals surface area (Å²) >= 11 is 0. The summed E-state index contributed by atoms with van der Waals surface area (Å²) in [5.41, 5.74) is 2.16. The summed E-state index contributed by atoms with van der Waals surface area (Å²) < 4.78 is 0. The molecule has 3 amide bonds. The third-order valence-electron chi connectivity index (χ3n) is 7.18. The summed E-state index contributed by atoms with van der Waals surface area (Å²) in [6.45, 7) is 0.164. The number of fused-ring (bicyclic) bond motifs is 2. The first-order valence-electron chi connectivity index (χ1n) is 11.6. The molecule has 2 aliphatic heterocycles. The first-order valence-corrected chi connectivity index (χ1v) is 11.6. The van der Waals surface area contributed by atoms with Crippen molar-refractivity contribution in [3.8, 4) is 0 Å². The molecule has 10 heteroatoms. The molecule has 178 valence electrons. The van der Waals surface area contributed by atoms with E-state index in [1.807, 2.05) is 6.07 Å². The van der Waals surface area contributed by atoms with Crippen molar-refractivity contribution in [3.63, 3.8) is 0 Å². The van der Waals surface area contributed by atoms with Crippen molar-refractivity contribution in [1.29, 1.82) is 0 Å². The fraction of sp³-hybridized carbons (Fsp3) is 0.458. The van der Waals surface area contributed by atoms with Crippen molar-refractivity contribution >= 4 is 34.5 Å². The highest BCUT2D eigenvalue weighted by Gasteiger charge is 2.50. The Bertz CT molecular complexity index is 1150. The Morgan fingerprint density at radius 3 is 2.91 bits per heavy atom. The zero-order valence-corrected chi connectivity index (χ0v) is 18.6. The molecule has 2 aromatic rings. The number of carbonyl (C=O) groups excluding carboxylic acids is 4. The molecule has 2 aromatic heterocycles. The van der Waals surface area contributed by atoms with Gasteiger partial charge in [0.05, 0.1) is 11.0 Å². The van der Waals surface area contributed by atoms with E-state index in [2.05, 4.69) is 20.6 Å². The molecule has 0 aromatic carbocycles. The van der Waals surface area contributed by atoms with Gasteiger partial charge in [-0.1, -0.05) is 6.42 Å². The maximum atomic E-state index is 13.5. The highest BCUT2D eigenvalue weighted by molar-refractivity contribution is 6.02. The van der Waals surface area contributed by atoms with Crippen molar-refractivity contribution in [2.45, 2.75) is 37.8 Å². The number of nitrogens with one attached hydrogen (secondary N) is 3. The van der Waals surface area contributed by atoms with Crippen LogP contribution in [0.3, 0.4) is 0 Å². The largest absolute Gasteiger partial charge is 0.388 e. The topological polar surface area (TPSA) is 144 Å². The maximum Gasteiger partial charge on any atom is 0.271 e. The van der Waals surface area contributed by atoms with Crippen LogP contribution in [0.15, 0.2) is 36.0 Å². The van der Waals surface area contributed by atoms with E-state index in [1.54, 1.807) is 23.2 Å². The molecule has 4 heterocycles. The van der Waals surface area contributed by atoms with Gasteiger partial charge in [-0.2, -0.15) is 0 Å². The lowest BCUT2D eigenvalue weighted by atomic mass is 9.93. The van der Waals surface area contributed by atoms with Gasteiger partial charge < -0.3 is 25.6 Å². The quantitative estimate of drug-likeness (QED) is 0.452. The number of aliphatic hydroxyl groups excluding tert-OH is 1. The lowest BCUT2D eigenvalue weighted by molar-refractivity contribution is -0.131. The van der Waals surface area contributed by atoms with Crippen LogP contribution < -0.4 is 10.6 Å². The van der Waals surface area contributed by atoms with E-state index in [0.29, 0.717) is 36.3 Å². The molecule has 5 rings (SSSR count). The summed E-state index contributed by atoms with van der Waals surface area (Å²) in [4.78, 5) is 60.3. The number of H-pyrrole nitrogens is 1. The van der Waals surface area contributed by atoms with Crippen LogP contribution >= 0.6 is 0 Å². The zero-order chi connectivity index (χ0) is 23.8. The standard InChI is InChI=1S/C24H27N5O5/c30-12-20(31)18(9-13-6-8-26-22(13)32)28-23(33)21-15-4-1-3-14(15)11-29(21)24(34)19-10-17-16(27-19)5-2-7-25-17/h2,5,7,9-10,14-15,18,21,27,30H,1,3-4,6,8,11-12H2,(H,26,32)(H,28,33)/b13-9+/t14-,15-,18-,21-/m0/s1. The number of likely N-dealkylation sites (tertiary alicyclic amines) is 1. The molecule has 0 unspecified atom stereocenters. The van der Waals surface area contributed by atoms with Gasteiger partial charge in [0.25, 0.3) is 5.91 Å². The molecule has 0 radical (unpaired) electrons. The van der Waals surface area contributed by atoms with Gasteiger partial charge in [-0.15, -0.1) is 0 Å². The molecule has 0 spiro atoms. The number of rotatable bonds is 6. The second-order valence-corrected chi connectivity index (χ2v) is 9.18. The highest BCUT2D eigenvalue weighted by Crippen LogP contribution is 2.42. The van der Waals surface area contributed by atoms with Crippen LogP contribution in [0.2, 0.25) is 0 Å². The van der Waals surface area contributed by atoms with Gasteiger partial charge in [0, 0.05) is 24.9 Å². The van der Waals surface area contributed by atoms with Crippen LogP contribution in [0, 0.1) is 11.8 Å². The molecule has 4 N–H and O–H groups in total. The van der Waals surface area contributed by atoms with E-state index in [0.717, 1.165) is 24.8 Å². The Hall–Kier alpha value is -3.53. The molecule has 34 heavy (non-hydrogen) atoms. The molecular formula is C24H27N5O5. The van der Waals surface area contributed by atoms with Gasteiger partial charge >= 0.3 is 0 Å². The van der Waals surface area contributed by atoms with Crippen molar-refractivity contribution in [3.05, 3.63) is 41.7 Å². The fourth-order valence-corrected chi connectivity index (χ4v) is 5.53. The predicted octanol–water partition coefficient (Wildman–Crippen LogP) is 0.296. The Morgan fingerprint density at radius 2 is 2.18 bits per heavy atom. The van der Waals surface area contributed by atoms with E-state index in [4.69, 9.17) is 0 Å². The average molecular weight is 466 g/mol. The van der Waals surface area contributed by atoms with E-state index in [1.165, 1.54) is 6.08 Å².